The van der Waals surface area contributed by atoms with Crippen molar-refractivity contribution in [2.24, 2.45) is 0 Å². The number of aliphatic carboxylic acids is 1. The maximum absolute atomic E-state index is 12.6. The van der Waals surface area contributed by atoms with Crippen LogP contribution in [0, 0.1) is 6.92 Å². The third kappa shape index (κ3) is 3.02. The van der Waals surface area contributed by atoms with Gasteiger partial charge in [0.05, 0.1) is 5.52 Å². The Morgan fingerprint density at radius 2 is 2.05 bits per heavy atom. The molecule has 1 heterocycles. The summed E-state index contributed by atoms with van der Waals surface area (Å²) in [7, 11) is 0. The molecule has 0 amide bonds. The van der Waals surface area contributed by atoms with Crippen molar-refractivity contribution in [1.82, 2.24) is 4.57 Å². The van der Waals surface area contributed by atoms with Gasteiger partial charge in [-0.25, -0.2) is 0 Å². The van der Waals surface area contributed by atoms with Crippen LogP contribution in [-0.2, 0) is 11.2 Å². The van der Waals surface area contributed by atoms with Gasteiger partial charge < -0.3 is 9.67 Å². The van der Waals surface area contributed by atoms with Crippen LogP contribution in [0.4, 0.5) is 0 Å². The van der Waals surface area contributed by atoms with Crippen molar-refractivity contribution in [3.63, 3.8) is 0 Å². The molecule has 1 aromatic heterocycles. The lowest BCUT2D eigenvalue weighted by Gasteiger charge is -2.21. The molecule has 2 aromatic rings. The summed E-state index contributed by atoms with van der Waals surface area (Å²) in [4.78, 5) is 23.4. The van der Waals surface area contributed by atoms with Gasteiger partial charge in [0.15, 0.2) is 5.43 Å². The lowest BCUT2D eigenvalue weighted by Crippen LogP contribution is -2.21. The topological polar surface area (TPSA) is 59.3 Å². The van der Waals surface area contributed by atoms with E-state index in [-0.39, 0.29) is 24.3 Å². The molecule has 21 heavy (non-hydrogen) atoms. The number of carboxylic acids is 1. The molecular weight excluding hydrogens is 334 g/mol. The number of hydrogen-bond donors (Lipinski definition) is 1. The summed E-state index contributed by atoms with van der Waals surface area (Å²) in [5.41, 5.74) is 2.26. The first-order valence-corrected chi connectivity index (χ1v) is 7.67. The Morgan fingerprint density at radius 1 is 1.38 bits per heavy atom. The highest BCUT2D eigenvalue weighted by Crippen LogP contribution is 2.24. The summed E-state index contributed by atoms with van der Waals surface area (Å²) in [6.07, 6.45) is 0.231. The van der Waals surface area contributed by atoms with Gasteiger partial charge in [0.1, 0.15) is 0 Å². The summed E-state index contributed by atoms with van der Waals surface area (Å²) < 4.78 is 3.01. The number of benzene rings is 1. The number of hydrogen-bond acceptors (Lipinski definition) is 2. The number of carbonyl (C=O) groups is 1. The fraction of sp³-hybridized carbons (Fsp3) is 0.375. The minimum Gasteiger partial charge on any atom is -0.481 e. The molecule has 0 spiro atoms. The highest BCUT2D eigenvalue weighted by atomic mass is 79.9. The average molecular weight is 352 g/mol. The van der Waals surface area contributed by atoms with Crippen LogP contribution in [0.5, 0.6) is 0 Å². The Labute approximate surface area is 131 Å². The van der Waals surface area contributed by atoms with E-state index in [1.165, 1.54) is 0 Å². The van der Waals surface area contributed by atoms with Gasteiger partial charge in [-0.3, -0.25) is 9.59 Å². The van der Waals surface area contributed by atoms with Crippen molar-refractivity contribution in [2.75, 3.05) is 0 Å². The first kappa shape index (κ1) is 15.8. The third-order valence-electron chi connectivity index (χ3n) is 3.64. The third-order valence-corrected chi connectivity index (χ3v) is 4.13. The van der Waals surface area contributed by atoms with E-state index in [2.05, 4.69) is 34.3 Å². The van der Waals surface area contributed by atoms with Crippen LogP contribution >= 0.6 is 15.9 Å². The van der Waals surface area contributed by atoms with E-state index in [0.717, 1.165) is 15.7 Å². The van der Waals surface area contributed by atoms with E-state index in [4.69, 9.17) is 5.11 Å². The molecule has 0 unspecified atom stereocenters. The summed E-state index contributed by atoms with van der Waals surface area (Å²) in [6, 6.07) is 5.76. The summed E-state index contributed by atoms with van der Waals surface area (Å²) in [6.45, 7) is 6.00. The fourth-order valence-electron chi connectivity index (χ4n) is 2.74. The molecule has 0 aliphatic rings. The van der Waals surface area contributed by atoms with Gasteiger partial charge in [-0.1, -0.05) is 15.9 Å². The van der Waals surface area contributed by atoms with Gasteiger partial charge in [-0.05, 0) is 45.4 Å². The molecule has 1 aromatic carbocycles. The molecule has 112 valence electrons. The lowest BCUT2D eigenvalue weighted by atomic mass is 10.0. The quantitative estimate of drug-likeness (QED) is 0.913. The second-order valence-electron chi connectivity index (χ2n) is 5.41. The van der Waals surface area contributed by atoms with Crippen LogP contribution in [0.15, 0.2) is 27.5 Å². The van der Waals surface area contributed by atoms with Crippen molar-refractivity contribution in [3.8, 4) is 0 Å². The maximum atomic E-state index is 12.6. The molecule has 0 bridgehead atoms. The van der Waals surface area contributed by atoms with Gasteiger partial charge in [0, 0.05) is 33.6 Å². The normalized spacial score (nSPS) is 11.3. The van der Waals surface area contributed by atoms with E-state index in [1.54, 1.807) is 6.07 Å². The van der Waals surface area contributed by atoms with Crippen molar-refractivity contribution < 1.29 is 9.90 Å². The zero-order chi connectivity index (χ0) is 15.7. The van der Waals surface area contributed by atoms with Crippen LogP contribution in [-0.4, -0.2) is 15.6 Å². The van der Waals surface area contributed by atoms with Crippen LogP contribution in [0.1, 0.15) is 37.6 Å². The molecule has 1 N–H and O–H groups in total. The Bertz CT molecular complexity index is 762. The standard InChI is InChI=1S/C16H18BrNO3/c1-9(2)18-10(3)12(6-7-15(19)20)16(21)13-5-4-11(17)8-14(13)18/h4-5,8-9H,6-7H2,1-3H3,(H,19,20). The minimum absolute atomic E-state index is 0.0315. The first-order chi connectivity index (χ1) is 9.82. The molecule has 0 radical (unpaired) electrons. The van der Waals surface area contributed by atoms with E-state index in [9.17, 15) is 9.59 Å². The largest absolute Gasteiger partial charge is 0.481 e. The second-order valence-corrected chi connectivity index (χ2v) is 6.33. The van der Waals surface area contributed by atoms with E-state index in [0.29, 0.717) is 10.9 Å². The second kappa shape index (κ2) is 6.02. The maximum Gasteiger partial charge on any atom is 0.303 e. The van der Waals surface area contributed by atoms with Crippen LogP contribution in [0.25, 0.3) is 10.9 Å². The van der Waals surface area contributed by atoms with E-state index >= 15 is 0 Å². The molecule has 0 fully saturated rings. The SMILES string of the molecule is Cc1c(CCC(=O)O)c(=O)c2ccc(Br)cc2n1C(C)C. The van der Waals surface area contributed by atoms with E-state index in [1.807, 2.05) is 19.1 Å². The minimum atomic E-state index is -0.888. The number of rotatable bonds is 4. The number of carboxylic acid groups (broad SMARTS) is 1. The fourth-order valence-corrected chi connectivity index (χ4v) is 3.09. The predicted molar refractivity (Wildman–Crippen MR) is 87.0 cm³/mol. The smallest absolute Gasteiger partial charge is 0.303 e. The van der Waals surface area contributed by atoms with Gasteiger partial charge >= 0.3 is 5.97 Å². The first-order valence-electron chi connectivity index (χ1n) is 6.88. The molecule has 0 saturated heterocycles. The Kier molecular flexibility index (Phi) is 4.52. The zero-order valence-corrected chi connectivity index (χ0v) is 13.9. The van der Waals surface area contributed by atoms with Crippen molar-refractivity contribution in [1.29, 1.82) is 0 Å². The Hall–Kier alpha value is -1.62. The van der Waals surface area contributed by atoms with Crippen molar-refractivity contribution in [3.05, 3.63) is 44.2 Å². The average Bonchev–Trinajstić information content (AvgIpc) is 2.37. The molecule has 0 saturated carbocycles. The number of fused-ring (bicyclic) bond motifs is 1. The van der Waals surface area contributed by atoms with Gasteiger partial charge in [0.25, 0.3) is 0 Å². The molecule has 5 heteroatoms. The van der Waals surface area contributed by atoms with Crippen LogP contribution in [0.3, 0.4) is 0 Å². The summed E-state index contributed by atoms with van der Waals surface area (Å²) >= 11 is 3.44. The van der Waals surface area contributed by atoms with Gasteiger partial charge in [-0.15, -0.1) is 0 Å². The molecule has 0 aliphatic carbocycles. The highest BCUT2D eigenvalue weighted by molar-refractivity contribution is 9.10. The van der Waals surface area contributed by atoms with Crippen molar-refractivity contribution in [2.45, 2.75) is 39.7 Å². The lowest BCUT2D eigenvalue weighted by molar-refractivity contribution is -0.136. The molecule has 0 aliphatic heterocycles. The van der Waals surface area contributed by atoms with Crippen LogP contribution < -0.4 is 5.43 Å². The number of aromatic nitrogens is 1. The number of pyridine rings is 1. The molecule has 0 atom stereocenters. The molecule has 2 rings (SSSR count). The monoisotopic (exact) mass is 351 g/mol. The zero-order valence-electron chi connectivity index (χ0n) is 12.3. The van der Waals surface area contributed by atoms with Gasteiger partial charge in [0.2, 0.25) is 0 Å². The number of nitrogens with zero attached hydrogens (tertiary/aromatic N) is 1. The Morgan fingerprint density at radius 3 is 2.62 bits per heavy atom. The molecular formula is C16H18BrNO3. The van der Waals surface area contributed by atoms with Crippen molar-refractivity contribution >= 4 is 32.8 Å². The predicted octanol–water partition coefficient (Wildman–Crippen LogP) is 3.67. The summed E-state index contributed by atoms with van der Waals surface area (Å²) in [5.74, 6) is -0.888. The highest BCUT2D eigenvalue weighted by Gasteiger charge is 2.16. The molecule has 4 nitrogen and oxygen atoms in total. The van der Waals surface area contributed by atoms with Crippen LogP contribution in [0.2, 0.25) is 0 Å². The summed E-state index contributed by atoms with van der Waals surface area (Å²) in [5, 5.41) is 9.51. The van der Waals surface area contributed by atoms with Gasteiger partial charge in [-0.2, -0.15) is 0 Å². The Balaban J connectivity index is 2.79. The van der Waals surface area contributed by atoms with E-state index < -0.39 is 5.97 Å². The number of halogens is 1.